The number of ether oxygens (including phenoxy) is 1. The molecule has 1 rings (SSSR count). The molecule has 1 amide bonds. The summed E-state index contributed by atoms with van der Waals surface area (Å²) in [4.78, 5) is 11.6. The predicted octanol–water partition coefficient (Wildman–Crippen LogP) is 3.28. The first-order chi connectivity index (χ1) is 10.4. The standard InChI is InChI=1S/C14H20Cl2N2O4S/c1-14(2,3)22-13(19)17-7-8-18(23(4,20)21)12-6-5-10(15)9-11(12)16/h5-6,9H,7-8H2,1-4H3,(H,17,19). The first kappa shape index (κ1) is 19.9. The molecule has 0 saturated heterocycles. The molecule has 0 aliphatic carbocycles. The SMILES string of the molecule is CC(C)(C)OC(=O)NCCN(c1ccc(Cl)cc1Cl)S(C)(=O)=O. The van der Waals surface area contributed by atoms with Crippen molar-refractivity contribution in [3.63, 3.8) is 0 Å². The van der Waals surface area contributed by atoms with E-state index in [2.05, 4.69) is 5.32 Å². The normalized spacial score (nSPS) is 11.9. The average molecular weight is 383 g/mol. The van der Waals surface area contributed by atoms with Crippen LogP contribution in [0.5, 0.6) is 0 Å². The van der Waals surface area contributed by atoms with Gasteiger partial charge in [0, 0.05) is 11.6 Å². The molecule has 0 heterocycles. The molecule has 9 heteroatoms. The molecular formula is C14H20Cl2N2O4S. The Balaban J connectivity index is 2.80. The summed E-state index contributed by atoms with van der Waals surface area (Å²) in [5.41, 5.74) is -0.329. The number of amides is 1. The zero-order chi connectivity index (χ0) is 17.8. The van der Waals surface area contributed by atoms with E-state index in [0.29, 0.717) is 10.7 Å². The number of carbonyl (C=O) groups excluding carboxylic acids is 1. The van der Waals surface area contributed by atoms with Crippen LogP contribution in [0.4, 0.5) is 10.5 Å². The van der Waals surface area contributed by atoms with Gasteiger partial charge in [0.05, 0.1) is 23.5 Å². The molecule has 0 saturated carbocycles. The van der Waals surface area contributed by atoms with Gasteiger partial charge in [-0.1, -0.05) is 23.2 Å². The van der Waals surface area contributed by atoms with Crippen molar-refractivity contribution in [1.29, 1.82) is 0 Å². The average Bonchev–Trinajstić information content (AvgIpc) is 2.32. The van der Waals surface area contributed by atoms with Crippen LogP contribution in [-0.2, 0) is 14.8 Å². The topological polar surface area (TPSA) is 75.7 Å². The number of anilines is 1. The van der Waals surface area contributed by atoms with Gasteiger partial charge in [-0.25, -0.2) is 13.2 Å². The van der Waals surface area contributed by atoms with Gasteiger partial charge in [-0.3, -0.25) is 4.31 Å². The predicted molar refractivity (Wildman–Crippen MR) is 92.9 cm³/mol. The minimum absolute atomic E-state index is 0.0133. The number of hydrogen-bond acceptors (Lipinski definition) is 4. The van der Waals surface area contributed by atoms with Crippen molar-refractivity contribution >= 4 is 45.0 Å². The largest absolute Gasteiger partial charge is 0.444 e. The Morgan fingerprint density at radius 2 is 1.91 bits per heavy atom. The zero-order valence-electron chi connectivity index (χ0n) is 13.4. The third-order valence-corrected chi connectivity index (χ3v) is 4.28. The number of nitrogens with one attached hydrogen (secondary N) is 1. The van der Waals surface area contributed by atoms with Gasteiger partial charge in [-0.2, -0.15) is 0 Å². The monoisotopic (exact) mass is 382 g/mol. The highest BCUT2D eigenvalue weighted by atomic mass is 35.5. The number of sulfonamides is 1. The number of rotatable bonds is 5. The molecule has 0 spiro atoms. The number of halogens is 2. The van der Waals surface area contributed by atoms with Crippen LogP contribution in [-0.4, -0.2) is 39.5 Å². The van der Waals surface area contributed by atoms with E-state index < -0.39 is 21.7 Å². The van der Waals surface area contributed by atoms with Crippen LogP contribution >= 0.6 is 23.2 Å². The Morgan fingerprint density at radius 1 is 1.30 bits per heavy atom. The lowest BCUT2D eigenvalue weighted by atomic mass is 10.2. The van der Waals surface area contributed by atoms with Gasteiger partial charge >= 0.3 is 6.09 Å². The summed E-state index contributed by atoms with van der Waals surface area (Å²) >= 11 is 11.9. The lowest BCUT2D eigenvalue weighted by Crippen LogP contribution is -2.40. The Morgan fingerprint density at radius 3 is 2.39 bits per heavy atom. The first-order valence-corrected chi connectivity index (χ1v) is 9.40. The molecule has 130 valence electrons. The van der Waals surface area contributed by atoms with Gasteiger partial charge in [-0.05, 0) is 39.0 Å². The molecule has 0 bridgehead atoms. The fraction of sp³-hybridized carbons (Fsp3) is 0.500. The van der Waals surface area contributed by atoms with Gasteiger partial charge in [0.15, 0.2) is 0 Å². The second kappa shape index (κ2) is 7.59. The minimum Gasteiger partial charge on any atom is -0.444 e. The molecule has 0 atom stereocenters. The molecule has 0 unspecified atom stereocenters. The van der Waals surface area contributed by atoms with Crippen molar-refractivity contribution in [3.05, 3.63) is 28.2 Å². The lowest BCUT2D eigenvalue weighted by molar-refractivity contribution is 0.0529. The molecule has 0 radical (unpaired) electrons. The molecule has 1 N–H and O–H groups in total. The van der Waals surface area contributed by atoms with Gasteiger partial charge in [0.1, 0.15) is 5.60 Å². The summed E-state index contributed by atoms with van der Waals surface area (Å²) in [6.07, 6.45) is 0.443. The number of nitrogens with zero attached hydrogens (tertiary/aromatic N) is 1. The highest BCUT2D eigenvalue weighted by Crippen LogP contribution is 2.30. The van der Waals surface area contributed by atoms with Crippen LogP contribution < -0.4 is 9.62 Å². The molecule has 1 aromatic carbocycles. The third-order valence-electron chi connectivity index (χ3n) is 2.56. The summed E-state index contributed by atoms with van der Waals surface area (Å²) in [5.74, 6) is 0. The van der Waals surface area contributed by atoms with Crippen LogP contribution in [0, 0.1) is 0 Å². The van der Waals surface area contributed by atoms with Crippen LogP contribution in [0.25, 0.3) is 0 Å². The van der Waals surface area contributed by atoms with Crippen LogP contribution in [0.3, 0.4) is 0 Å². The second-order valence-electron chi connectivity index (χ2n) is 5.86. The van der Waals surface area contributed by atoms with E-state index in [4.69, 9.17) is 27.9 Å². The van der Waals surface area contributed by atoms with Crippen molar-refractivity contribution in [2.24, 2.45) is 0 Å². The molecule has 0 fully saturated rings. The van der Waals surface area contributed by atoms with Crippen molar-refractivity contribution < 1.29 is 17.9 Å². The zero-order valence-corrected chi connectivity index (χ0v) is 15.7. The van der Waals surface area contributed by atoms with E-state index in [-0.39, 0.29) is 18.1 Å². The lowest BCUT2D eigenvalue weighted by Gasteiger charge is -2.24. The van der Waals surface area contributed by atoms with Gasteiger partial charge in [0.2, 0.25) is 10.0 Å². The third kappa shape index (κ3) is 6.85. The van der Waals surface area contributed by atoms with Crippen LogP contribution in [0.1, 0.15) is 20.8 Å². The van der Waals surface area contributed by atoms with E-state index in [9.17, 15) is 13.2 Å². The molecule has 0 aromatic heterocycles. The smallest absolute Gasteiger partial charge is 0.407 e. The van der Waals surface area contributed by atoms with E-state index in [0.717, 1.165) is 10.6 Å². The van der Waals surface area contributed by atoms with Gasteiger partial charge in [0.25, 0.3) is 0 Å². The molecule has 0 aliphatic rings. The number of benzene rings is 1. The Hall–Kier alpha value is -1.18. The first-order valence-electron chi connectivity index (χ1n) is 6.80. The van der Waals surface area contributed by atoms with E-state index >= 15 is 0 Å². The van der Waals surface area contributed by atoms with Gasteiger partial charge in [-0.15, -0.1) is 0 Å². The Labute approximate surface area is 146 Å². The highest BCUT2D eigenvalue weighted by molar-refractivity contribution is 7.92. The summed E-state index contributed by atoms with van der Waals surface area (Å²) in [6.45, 7) is 5.30. The molecule has 23 heavy (non-hydrogen) atoms. The molecule has 6 nitrogen and oxygen atoms in total. The Kier molecular flexibility index (Phi) is 6.56. The second-order valence-corrected chi connectivity index (χ2v) is 8.61. The maximum absolute atomic E-state index is 12.0. The van der Waals surface area contributed by atoms with Crippen molar-refractivity contribution in [2.75, 3.05) is 23.7 Å². The van der Waals surface area contributed by atoms with E-state index in [1.54, 1.807) is 26.8 Å². The summed E-state index contributed by atoms with van der Waals surface area (Å²) in [5, 5.41) is 3.12. The Bertz CT molecular complexity index is 672. The number of alkyl carbamates (subject to hydrolysis) is 1. The van der Waals surface area contributed by atoms with Crippen molar-refractivity contribution in [2.45, 2.75) is 26.4 Å². The summed E-state index contributed by atoms with van der Waals surface area (Å²) in [7, 11) is -3.57. The summed E-state index contributed by atoms with van der Waals surface area (Å²) < 4.78 is 30.1. The van der Waals surface area contributed by atoms with Gasteiger partial charge < -0.3 is 10.1 Å². The maximum atomic E-state index is 12.0. The summed E-state index contributed by atoms with van der Waals surface area (Å²) in [6, 6.07) is 4.51. The molecule has 1 aromatic rings. The van der Waals surface area contributed by atoms with E-state index in [1.807, 2.05) is 0 Å². The van der Waals surface area contributed by atoms with E-state index in [1.165, 1.54) is 12.1 Å². The fourth-order valence-corrected chi connectivity index (χ4v) is 3.22. The molecule has 0 aliphatic heterocycles. The highest BCUT2D eigenvalue weighted by Gasteiger charge is 2.21. The van der Waals surface area contributed by atoms with Crippen LogP contribution in [0.2, 0.25) is 10.0 Å². The number of hydrogen-bond donors (Lipinski definition) is 1. The molecular weight excluding hydrogens is 363 g/mol. The van der Waals surface area contributed by atoms with Crippen LogP contribution in [0.15, 0.2) is 18.2 Å². The fourth-order valence-electron chi connectivity index (χ4n) is 1.72. The number of carbonyl (C=O) groups is 1. The minimum atomic E-state index is -3.57. The quantitative estimate of drug-likeness (QED) is 0.847. The van der Waals surface area contributed by atoms with Crippen molar-refractivity contribution in [3.8, 4) is 0 Å². The maximum Gasteiger partial charge on any atom is 0.407 e. The van der Waals surface area contributed by atoms with Crippen molar-refractivity contribution in [1.82, 2.24) is 5.32 Å².